The van der Waals surface area contributed by atoms with Crippen LogP contribution in [0.1, 0.15) is 19.0 Å². The van der Waals surface area contributed by atoms with Gasteiger partial charge in [-0.1, -0.05) is 6.92 Å². The van der Waals surface area contributed by atoms with E-state index in [4.69, 9.17) is 0 Å². The van der Waals surface area contributed by atoms with E-state index in [1.165, 1.54) is 0 Å². The summed E-state index contributed by atoms with van der Waals surface area (Å²) in [5, 5.41) is 4.00. The summed E-state index contributed by atoms with van der Waals surface area (Å²) in [7, 11) is 0. The van der Waals surface area contributed by atoms with E-state index in [1.54, 1.807) is 10.9 Å². The molecule has 1 rings (SSSR count). The summed E-state index contributed by atoms with van der Waals surface area (Å²) in [6.07, 6.45) is 2.29. The standard InChI is InChI=1S/C8H12N2O/c1-3-8(11)6-10-7(2)4-5-9-10/h4-5H,3,6H2,1-2H3. The van der Waals surface area contributed by atoms with Crippen LogP contribution in [-0.4, -0.2) is 15.6 Å². The first-order valence-corrected chi connectivity index (χ1v) is 3.74. The molecule has 0 radical (unpaired) electrons. The normalized spacial score (nSPS) is 10.0. The molecule has 60 valence electrons. The van der Waals surface area contributed by atoms with Gasteiger partial charge in [0.15, 0.2) is 5.78 Å². The van der Waals surface area contributed by atoms with E-state index in [1.807, 2.05) is 19.9 Å². The molecule has 0 amide bonds. The zero-order valence-electron chi connectivity index (χ0n) is 6.87. The van der Waals surface area contributed by atoms with E-state index in [2.05, 4.69) is 5.10 Å². The monoisotopic (exact) mass is 152 g/mol. The van der Waals surface area contributed by atoms with Gasteiger partial charge in [0.25, 0.3) is 0 Å². The van der Waals surface area contributed by atoms with Gasteiger partial charge in [0.2, 0.25) is 0 Å². The molecular weight excluding hydrogens is 140 g/mol. The number of hydrogen-bond acceptors (Lipinski definition) is 2. The fraction of sp³-hybridized carbons (Fsp3) is 0.500. The minimum atomic E-state index is 0.219. The Morgan fingerprint density at radius 2 is 2.45 bits per heavy atom. The molecule has 1 aromatic heterocycles. The van der Waals surface area contributed by atoms with Gasteiger partial charge in [0.1, 0.15) is 0 Å². The summed E-state index contributed by atoms with van der Waals surface area (Å²) < 4.78 is 1.71. The first-order valence-electron chi connectivity index (χ1n) is 3.74. The van der Waals surface area contributed by atoms with Crippen LogP contribution in [0, 0.1) is 6.92 Å². The number of nitrogens with zero attached hydrogens (tertiary/aromatic N) is 2. The lowest BCUT2D eigenvalue weighted by molar-refractivity contribution is -0.119. The number of Topliss-reactive ketones (excluding diaryl/α,β-unsaturated/α-hetero) is 1. The molecule has 0 aliphatic heterocycles. The smallest absolute Gasteiger partial charge is 0.154 e. The van der Waals surface area contributed by atoms with Crippen LogP contribution in [0.2, 0.25) is 0 Å². The Balaban J connectivity index is 2.64. The summed E-state index contributed by atoms with van der Waals surface area (Å²) in [5.74, 6) is 0.219. The fourth-order valence-electron chi connectivity index (χ4n) is 0.843. The van der Waals surface area contributed by atoms with Crippen molar-refractivity contribution in [2.24, 2.45) is 0 Å². The third-order valence-corrected chi connectivity index (χ3v) is 1.65. The van der Waals surface area contributed by atoms with E-state index in [0.29, 0.717) is 13.0 Å². The lowest BCUT2D eigenvalue weighted by Gasteiger charge is -2.00. The predicted molar refractivity (Wildman–Crippen MR) is 42.3 cm³/mol. The van der Waals surface area contributed by atoms with Gasteiger partial charge < -0.3 is 0 Å². The van der Waals surface area contributed by atoms with Crippen LogP contribution in [0.4, 0.5) is 0 Å². The Morgan fingerprint density at radius 1 is 1.73 bits per heavy atom. The number of rotatable bonds is 3. The number of carbonyl (C=O) groups excluding carboxylic acids is 1. The zero-order valence-corrected chi connectivity index (χ0v) is 6.87. The molecule has 0 bridgehead atoms. The molecule has 0 spiro atoms. The summed E-state index contributed by atoms with van der Waals surface area (Å²) in [5.41, 5.74) is 1.03. The second-order valence-corrected chi connectivity index (χ2v) is 2.52. The molecule has 11 heavy (non-hydrogen) atoms. The third-order valence-electron chi connectivity index (χ3n) is 1.65. The van der Waals surface area contributed by atoms with Crippen molar-refractivity contribution in [1.29, 1.82) is 0 Å². The maximum atomic E-state index is 11.0. The zero-order chi connectivity index (χ0) is 8.27. The Kier molecular flexibility index (Phi) is 2.41. The van der Waals surface area contributed by atoms with Crippen molar-refractivity contribution in [1.82, 2.24) is 9.78 Å². The molecule has 0 aliphatic carbocycles. The lowest BCUT2D eigenvalue weighted by Crippen LogP contribution is -2.11. The molecule has 0 aromatic carbocycles. The molecule has 0 fully saturated rings. The van der Waals surface area contributed by atoms with Crippen molar-refractivity contribution in [3.8, 4) is 0 Å². The second-order valence-electron chi connectivity index (χ2n) is 2.52. The van der Waals surface area contributed by atoms with Crippen LogP contribution >= 0.6 is 0 Å². The lowest BCUT2D eigenvalue weighted by atomic mass is 10.3. The van der Waals surface area contributed by atoms with Gasteiger partial charge in [-0.25, -0.2) is 0 Å². The summed E-state index contributed by atoms with van der Waals surface area (Å²) in [6, 6.07) is 1.89. The Bertz CT molecular complexity index is 252. The Labute approximate surface area is 66.0 Å². The van der Waals surface area contributed by atoms with E-state index in [9.17, 15) is 4.79 Å². The highest BCUT2D eigenvalue weighted by molar-refractivity contribution is 5.77. The summed E-state index contributed by atoms with van der Waals surface area (Å²) in [4.78, 5) is 11.0. The van der Waals surface area contributed by atoms with E-state index < -0.39 is 0 Å². The molecule has 0 saturated heterocycles. The maximum absolute atomic E-state index is 11.0. The number of carbonyl (C=O) groups is 1. The van der Waals surface area contributed by atoms with Gasteiger partial charge in [0.05, 0.1) is 6.54 Å². The number of hydrogen-bond donors (Lipinski definition) is 0. The van der Waals surface area contributed by atoms with Gasteiger partial charge in [-0.15, -0.1) is 0 Å². The molecule has 0 N–H and O–H groups in total. The molecule has 0 aliphatic rings. The second kappa shape index (κ2) is 3.32. The molecule has 0 unspecified atom stereocenters. The van der Waals surface area contributed by atoms with Gasteiger partial charge in [-0.05, 0) is 13.0 Å². The first kappa shape index (κ1) is 7.98. The van der Waals surface area contributed by atoms with Crippen molar-refractivity contribution in [2.45, 2.75) is 26.8 Å². The molecule has 1 heterocycles. The van der Waals surface area contributed by atoms with E-state index >= 15 is 0 Å². The van der Waals surface area contributed by atoms with Crippen molar-refractivity contribution < 1.29 is 4.79 Å². The Morgan fingerprint density at radius 3 is 2.91 bits per heavy atom. The van der Waals surface area contributed by atoms with Gasteiger partial charge >= 0.3 is 0 Å². The minimum Gasteiger partial charge on any atom is -0.298 e. The topological polar surface area (TPSA) is 34.9 Å². The third kappa shape index (κ3) is 1.90. The number of ketones is 1. The first-order chi connectivity index (χ1) is 5.24. The van der Waals surface area contributed by atoms with Gasteiger partial charge in [-0.3, -0.25) is 9.48 Å². The highest BCUT2D eigenvalue weighted by Crippen LogP contribution is 1.96. The van der Waals surface area contributed by atoms with E-state index in [-0.39, 0.29) is 5.78 Å². The van der Waals surface area contributed by atoms with Gasteiger partial charge in [0, 0.05) is 18.3 Å². The van der Waals surface area contributed by atoms with Crippen LogP contribution in [-0.2, 0) is 11.3 Å². The van der Waals surface area contributed by atoms with Crippen LogP contribution in [0.5, 0.6) is 0 Å². The number of aryl methyl sites for hydroxylation is 1. The summed E-state index contributed by atoms with van der Waals surface area (Å²) in [6.45, 7) is 4.21. The summed E-state index contributed by atoms with van der Waals surface area (Å²) >= 11 is 0. The fourth-order valence-corrected chi connectivity index (χ4v) is 0.843. The van der Waals surface area contributed by atoms with E-state index in [0.717, 1.165) is 5.69 Å². The van der Waals surface area contributed by atoms with Crippen molar-refractivity contribution in [2.75, 3.05) is 0 Å². The predicted octanol–water partition coefficient (Wildman–Crippen LogP) is 1.17. The van der Waals surface area contributed by atoms with Crippen LogP contribution in [0.15, 0.2) is 12.3 Å². The maximum Gasteiger partial charge on any atom is 0.154 e. The molecule has 3 nitrogen and oxygen atoms in total. The largest absolute Gasteiger partial charge is 0.298 e. The Hall–Kier alpha value is -1.12. The molecule has 0 atom stereocenters. The van der Waals surface area contributed by atoms with Crippen LogP contribution in [0.3, 0.4) is 0 Å². The van der Waals surface area contributed by atoms with Crippen LogP contribution in [0.25, 0.3) is 0 Å². The minimum absolute atomic E-state index is 0.219. The van der Waals surface area contributed by atoms with Crippen LogP contribution < -0.4 is 0 Å². The van der Waals surface area contributed by atoms with Gasteiger partial charge in [-0.2, -0.15) is 5.10 Å². The highest BCUT2D eigenvalue weighted by Gasteiger charge is 2.01. The van der Waals surface area contributed by atoms with Crippen molar-refractivity contribution >= 4 is 5.78 Å². The number of aromatic nitrogens is 2. The average molecular weight is 152 g/mol. The van der Waals surface area contributed by atoms with Crippen molar-refractivity contribution in [3.05, 3.63) is 18.0 Å². The average Bonchev–Trinajstić information content (AvgIpc) is 2.37. The van der Waals surface area contributed by atoms with Crippen molar-refractivity contribution in [3.63, 3.8) is 0 Å². The molecular formula is C8H12N2O. The molecule has 0 saturated carbocycles. The SMILES string of the molecule is CCC(=O)Cn1nccc1C. The molecule has 3 heteroatoms. The molecule has 1 aromatic rings. The quantitative estimate of drug-likeness (QED) is 0.651. The highest BCUT2D eigenvalue weighted by atomic mass is 16.1.